The van der Waals surface area contributed by atoms with E-state index in [1.807, 2.05) is 6.07 Å². The van der Waals surface area contributed by atoms with E-state index in [9.17, 15) is 0 Å². The molecule has 1 aliphatic carbocycles. The molecular weight excluding hydrogens is 242 g/mol. The van der Waals surface area contributed by atoms with Crippen molar-refractivity contribution in [1.29, 1.82) is 0 Å². The van der Waals surface area contributed by atoms with Crippen molar-refractivity contribution in [1.82, 2.24) is 9.97 Å². The van der Waals surface area contributed by atoms with Crippen LogP contribution in [-0.4, -0.2) is 22.6 Å². The summed E-state index contributed by atoms with van der Waals surface area (Å²) in [5, 5.41) is 0. The van der Waals surface area contributed by atoms with E-state index in [1.165, 1.54) is 12.8 Å². The maximum Gasteiger partial charge on any atom is 0.133 e. The molecule has 3 nitrogen and oxygen atoms in total. The fourth-order valence-electron chi connectivity index (χ4n) is 1.59. The van der Waals surface area contributed by atoms with E-state index < -0.39 is 0 Å². The lowest BCUT2D eigenvalue weighted by atomic mass is 10.4. The van der Waals surface area contributed by atoms with Crippen LogP contribution in [0.3, 0.4) is 0 Å². The molecule has 0 amide bonds. The lowest BCUT2D eigenvalue weighted by Crippen LogP contribution is -2.27. The first-order valence-electron chi connectivity index (χ1n) is 5.05. The Hall–Kier alpha value is -0.640. The molecule has 0 atom stereocenters. The molecule has 0 aliphatic heterocycles. The van der Waals surface area contributed by atoms with Gasteiger partial charge in [0.1, 0.15) is 16.7 Å². The molecule has 1 aromatic rings. The van der Waals surface area contributed by atoms with Gasteiger partial charge in [-0.15, -0.1) is 0 Å². The van der Waals surface area contributed by atoms with Crippen LogP contribution in [0.25, 0.3) is 0 Å². The highest BCUT2D eigenvalue weighted by Crippen LogP contribution is 2.31. The summed E-state index contributed by atoms with van der Waals surface area (Å²) in [4.78, 5) is 10.7. The minimum absolute atomic E-state index is 0.719. The van der Waals surface area contributed by atoms with Crippen LogP contribution < -0.4 is 4.90 Å². The number of halogens is 1. The summed E-state index contributed by atoms with van der Waals surface area (Å²) < 4.78 is 0.865. The first-order valence-corrected chi connectivity index (χ1v) is 5.84. The Balaban J connectivity index is 2.16. The zero-order chi connectivity index (χ0) is 9.97. The second-order valence-electron chi connectivity index (χ2n) is 3.62. The smallest absolute Gasteiger partial charge is 0.133 e. The van der Waals surface area contributed by atoms with Gasteiger partial charge in [-0.05, 0) is 35.2 Å². The molecule has 0 radical (unpaired) electrons. The van der Waals surface area contributed by atoms with Crippen LogP contribution >= 0.6 is 15.9 Å². The first kappa shape index (κ1) is 9.90. The van der Waals surface area contributed by atoms with Crippen LogP contribution in [0, 0.1) is 0 Å². The molecule has 0 aromatic carbocycles. The molecule has 1 saturated carbocycles. The molecule has 0 N–H and O–H groups in total. The molecule has 4 heteroatoms. The van der Waals surface area contributed by atoms with E-state index >= 15 is 0 Å². The maximum absolute atomic E-state index is 4.30. The maximum atomic E-state index is 4.30. The van der Waals surface area contributed by atoms with E-state index in [1.54, 1.807) is 6.33 Å². The average molecular weight is 256 g/mol. The van der Waals surface area contributed by atoms with Gasteiger partial charge in [-0.25, -0.2) is 9.97 Å². The van der Waals surface area contributed by atoms with E-state index in [0.29, 0.717) is 0 Å². The van der Waals surface area contributed by atoms with E-state index in [2.05, 4.69) is 37.7 Å². The topological polar surface area (TPSA) is 29.0 Å². The predicted octanol–water partition coefficient (Wildman–Crippen LogP) is 2.62. The van der Waals surface area contributed by atoms with Crippen molar-refractivity contribution in [2.45, 2.75) is 32.2 Å². The van der Waals surface area contributed by atoms with Gasteiger partial charge < -0.3 is 4.90 Å². The van der Waals surface area contributed by atoms with Crippen molar-refractivity contribution >= 4 is 21.7 Å². The second kappa shape index (κ2) is 4.26. The van der Waals surface area contributed by atoms with Crippen LogP contribution in [0.5, 0.6) is 0 Å². The van der Waals surface area contributed by atoms with Gasteiger partial charge in [0.25, 0.3) is 0 Å². The molecule has 0 saturated heterocycles. The summed E-state index contributed by atoms with van der Waals surface area (Å²) in [7, 11) is 0. The molecule has 1 fully saturated rings. The Morgan fingerprint density at radius 2 is 2.29 bits per heavy atom. The number of aromatic nitrogens is 2. The van der Waals surface area contributed by atoms with Gasteiger partial charge in [0, 0.05) is 18.7 Å². The van der Waals surface area contributed by atoms with Gasteiger partial charge in [-0.2, -0.15) is 0 Å². The fourth-order valence-corrected chi connectivity index (χ4v) is 1.89. The Kier molecular flexibility index (Phi) is 3.01. The Labute approximate surface area is 92.7 Å². The fraction of sp³-hybridized carbons (Fsp3) is 0.600. The molecule has 0 bridgehead atoms. The second-order valence-corrected chi connectivity index (χ2v) is 4.44. The van der Waals surface area contributed by atoms with Gasteiger partial charge in [0.15, 0.2) is 0 Å². The largest absolute Gasteiger partial charge is 0.354 e. The normalized spacial score (nSPS) is 15.6. The van der Waals surface area contributed by atoms with Gasteiger partial charge >= 0.3 is 0 Å². The zero-order valence-corrected chi connectivity index (χ0v) is 9.87. The molecule has 1 heterocycles. The summed E-state index contributed by atoms with van der Waals surface area (Å²) in [5.41, 5.74) is 0. The predicted molar refractivity (Wildman–Crippen MR) is 60.4 cm³/mol. The van der Waals surface area contributed by atoms with Crippen LogP contribution in [0.4, 0.5) is 5.82 Å². The van der Waals surface area contributed by atoms with Crippen molar-refractivity contribution < 1.29 is 0 Å². The molecular formula is C10H14BrN3. The van der Waals surface area contributed by atoms with Gasteiger partial charge in [-0.3, -0.25) is 0 Å². The monoisotopic (exact) mass is 255 g/mol. The molecule has 0 spiro atoms. The minimum Gasteiger partial charge on any atom is -0.354 e. The Morgan fingerprint density at radius 1 is 1.50 bits per heavy atom. The quantitative estimate of drug-likeness (QED) is 0.775. The van der Waals surface area contributed by atoms with E-state index in [-0.39, 0.29) is 0 Å². The number of hydrogen-bond acceptors (Lipinski definition) is 3. The van der Waals surface area contributed by atoms with E-state index in [4.69, 9.17) is 0 Å². The van der Waals surface area contributed by atoms with Crippen LogP contribution in [0.2, 0.25) is 0 Å². The third-order valence-electron chi connectivity index (χ3n) is 2.37. The van der Waals surface area contributed by atoms with Crippen LogP contribution in [-0.2, 0) is 0 Å². The standard InChI is InChI=1S/C10H14BrN3/c1-2-5-14(8-3-4-8)10-6-9(11)12-7-13-10/h6-8H,2-5H2,1H3. The Morgan fingerprint density at radius 3 is 2.86 bits per heavy atom. The summed E-state index contributed by atoms with van der Waals surface area (Å²) in [6.45, 7) is 3.29. The highest BCUT2D eigenvalue weighted by atomic mass is 79.9. The number of anilines is 1. The highest BCUT2D eigenvalue weighted by molar-refractivity contribution is 9.10. The zero-order valence-electron chi connectivity index (χ0n) is 8.28. The highest BCUT2D eigenvalue weighted by Gasteiger charge is 2.29. The average Bonchev–Trinajstić information content (AvgIpc) is 2.97. The molecule has 14 heavy (non-hydrogen) atoms. The SMILES string of the molecule is CCCN(c1cc(Br)ncn1)C1CC1. The molecule has 76 valence electrons. The van der Waals surface area contributed by atoms with Crippen molar-refractivity contribution in [2.75, 3.05) is 11.4 Å². The van der Waals surface area contributed by atoms with Gasteiger partial charge in [0.05, 0.1) is 0 Å². The van der Waals surface area contributed by atoms with Gasteiger partial charge in [0.2, 0.25) is 0 Å². The summed E-state index contributed by atoms with van der Waals surface area (Å²) in [6, 6.07) is 2.71. The Bertz CT molecular complexity index is 312. The number of rotatable bonds is 4. The van der Waals surface area contributed by atoms with Crippen LogP contribution in [0.15, 0.2) is 17.0 Å². The third kappa shape index (κ3) is 2.23. The van der Waals surface area contributed by atoms with Crippen molar-refractivity contribution in [2.24, 2.45) is 0 Å². The number of nitrogens with zero attached hydrogens (tertiary/aromatic N) is 3. The molecule has 2 rings (SSSR count). The van der Waals surface area contributed by atoms with Crippen molar-refractivity contribution in [3.8, 4) is 0 Å². The lowest BCUT2D eigenvalue weighted by Gasteiger charge is -2.22. The van der Waals surface area contributed by atoms with E-state index in [0.717, 1.165) is 29.4 Å². The molecule has 0 unspecified atom stereocenters. The van der Waals surface area contributed by atoms with Crippen molar-refractivity contribution in [3.63, 3.8) is 0 Å². The first-order chi connectivity index (χ1) is 6.81. The summed E-state index contributed by atoms with van der Waals surface area (Å²) in [5.74, 6) is 1.05. The minimum atomic E-state index is 0.719. The molecule has 1 aromatic heterocycles. The number of hydrogen-bond donors (Lipinski definition) is 0. The molecule has 1 aliphatic rings. The lowest BCUT2D eigenvalue weighted by molar-refractivity contribution is 0.747. The van der Waals surface area contributed by atoms with Crippen molar-refractivity contribution in [3.05, 3.63) is 17.0 Å². The van der Waals surface area contributed by atoms with Gasteiger partial charge in [-0.1, -0.05) is 6.92 Å². The third-order valence-corrected chi connectivity index (χ3v) is 2.80. The van der Waals surface area contributed by atoms with Crippen LogP contribution in [0.1, 0.15) is 26.2 Å². The summed E-state index contributed by atoms with van der Waals surface area (Å²) >= 11 is 3.37. The summed E-state index contributed by atoms with van der Waals surface area (Å²) in [6.07, 6.45) is 5.39.